The Hall–Kier alpha value is -3.10. The molecule has 1 heterocycles. The van der Waals surface area contributed by atoms with Gasteiger partial charge >= 0.3 is 17.8 Å². The number of nitrogens with one attached hydrogen (secondary N) is 1. The second kappa shape index (κ2) is 8.95. The van der Waals surface area contributed by atoms with E-state index in [0.29, 0.717) is 11.5 Å². The Morgan fingerprint density at radius 2 is 1.55 bits per heavy atom. The first-order valence-electron chi connectivity index (χ1n) is 9.88. The third kappa shape index (κ3) is 5.15. The average Bonchev–Trinajstić information content (AvgIpc) is 3.06. The molecule has 0 bridgehead atoms. The molecule has 0 amide bonds. The lowest BCUT2D eigenvalue weighted by molar-refractivity contribution is -0.241. The summed E-state index contributed by atoms with van der Waals surface area (Å²) >= 11 is 0. The van der Waals surface area contributed by atoms with Crippen LogP contribution in [0.3, 0.4) is 0 Å². The van der Waals surface area contributed by atoms with E-state index in [2.05, 4.69) is 5.32 Å². The molecule has 0 saturated carbocycles. The molecule has 2 N–H and O–H groups in total. The van der Waals surface area contributed by atoms with Crippen LogP contribution in [0.4, 0.5) is 0 Å². The Morgan fingerprint density at radius 3 is 2.10 bits per heavy atom. The zero-order valence-corrected chi connectivity index (χ0v) is 18.0. The van der Waals surface area contributed by atoms with Crippen molar-refractivity contribution in [3.05, 3.63) is 59.7 Å². The maximum absolute atomic E-state index is 11.8. The van der Waals surface area contributed by atoms with E-state index in [-0.39, 0.29) is 13.2 Å². The number of esters is 2. The minimum absolute atomic E-state index is 0.246. The number of cyclic esters (lactones) is 2. The maximum Gasteiger partial charge on any atom is 0.422 e. The topological polar surface area (TPSA) is 103 Å². The van der Waals surface area contributed by atoms with Crippen LogP contribution in [0.1, 0.15) is 25.0 Å². The fourth-order valence-electron chi connectivity index (χ4n) is 3.11. The van der Waals surface area contributed by atoms with E-state index in [4.69, 9.17) is 18.9 Å². The highest BCUT2D eigenvalue weighted by molar-refractivity contribution is 6.31. The van der Waals surface area contributed by atoms with Crippen molar-refractivity contribution in [3.8, 4) is 11.5 Å². The first kappa shape index (κ1) is 22.6. The second-order valence-electron chi connectivity index (χ2n) is 8.05. The van der Waals surface area contributed by atoms with Gasteiger partial charge in [-0.25, -0.2) is 14.9 Å². The summed E-state index contributed by atoms with van der Waals surface area (Å²) in [5.41, 5.74) is 1.74. The molecule has 0 spiro atoms. The number of aryl methyl sites for hydroxylation is 1. The monoisotopic (exact) mass is 429 g/mol. The van der Waals surface area contributed by atoms with Crippen LogP contribution in [0, 0.1) is 6.92 Å². The van der Waals surface area contributed by atoms with Gasteiger partial charge < -0.3 is 24.1 Å². The minimum Gasteiger partial charge on any atom is -0.497 e. The van der Waals surface area contributed by atoms with Crippen molar-refractivity contribution in [1.82, 2.24) is 5.32 Å². The number of carbonyl (C=O) groups is 2. The molecular formula is C23H27NO7. The highest BCUT2D eigenvalue weighted by atomic mass is 16.8. The summed E-state index contributed by atoms with van der Waals surface area (Å²) < 4.78 is 20.9. The van der Waals surface area contributed by atoms with Crippen LogP contribution >= 0.6 is 0 Å². The summed E-state index contributed by atoms with van der Waals surface area (Å²) in [5.74, 6) is -3.27. The van der Waals surface area contributed by atoms with Crippen molar-refractivity contribution in [1.29, 1.82) is 0 Å². The first-order valence-corrected chi connectivity index (χ1v) is 9.88. The Balaban J connectivity index is 1.71. The van der Waals surface area contributed by atoms with Crippen LogP contribution in [0.5, 0.6) is 11.5 Å². The van der Waals surface area contributed by atoms with E-state index >= 15 is 0 Å². The summed E-state index contributed by atoms with van der Waals surface area (Å²) in [6, 6.07) is 14.7. The molecule has 1 fully saturated rings. The number of benzene rings is 2. The molecule has 0 radical (unpaired) electrons. The van der Waals surface area contributed by atoms with E-state index in [1.165, 1.54) is 0 Å². The van der Waals surface area contributed by atoms with Crippen molar-refractivity contribution in [2.45, 2.75) is 38.2 Å². The van der Waals surface area contributed by atoms with Gasteiger partial charge in [0, 0.05) is 12.0 Å². The van der Waals surface area contributed by atoms with Crippen molar-refractivity contribution in [3.63, 3.8) is 0 Å². The SMILES string of the molecule is COc1ccc(OCC(O)C2(NCC(C)(C)c3ccc(C)cc3)OC(=O)C(=O)O2)cc1. The highest BCUT2D eigenvalue weighted by Gasteiger charge is 2.55. The lowest BCUT2D eigenvalue weighted by Crippen LogP contribution is -2.60. The fraction of sp³-hybridized carbons (Fsp3) is 0.391. The van der Waals surface area contributed by atoms with Crippen LogP contribution in [0.25, 0.3) is 0 Å². The van der Waals surface area contributed by atoms with Gasteiger partial charge in [0.25, 0.3) is 0 Å². The normalized spacial score (nSPS) is 16.4. The lowest BCUT2D eigenvalue weighted by Gasteiger charge is -2.35. The molecule has 1 aliphatic heterocycles. The molecule has 2 aromatic rings. The molecule has 8 heteroatoms. The van der Waals surface area contributed by atoms with Crippen LogP contribution in [-0.2, 0) is 24.5 Å². The second-order valence-corrected chi connectivity index (χ2v) is 8.05. The quantitative estimate of drug-likeness (QED) is 0.461. The van der Waals surface area contributed by atoms with Crippen molar-refractivity contribution in [2.24, 2.45) is 0 Å². The molecule has 1 unspecified atom stereocenters. The van der Waals surface area contributed by atoms with Crippen molar-refractivity contribution < 1.29 is 33.6 Å². The largest absolute Gasteiger partial charge is 0.497 e. The number of rotatable bonds is 9. The number of methoxy groups -OCH3 is 1. The Morgan fingerprint density at radius 1 is 1.00 bits per heavy atom. The third-order valence-corrected chi connectivity index (χ3v) is 5.17. The molecular weight excluding hydrogens is 402 g/mol. The van der Waals surface area contributed by atoms with Gasteiger partial charge in [-0.1, -0.05) is 43.7 Å². The molecule has 2 aromatic carbocycles. The molecule has 1 aliphatic rings. The van der Waals surface area contributed by atoms with Gasteiger partial charge in [-0.3, -0.25) is 0 Å². The summed E-state index contributed by atoms with van der Waals surface area (Å²) in [6.07, 6.45) is -1.47. The first-order chi connectivity index (χ1) is 14.6. The number of hydrogen-bond acceptors (Lipinski definition) is 8. The van der Waals surface area contributed by atoms with Gasteiger partial charge in [0.2, 0.25) is 0 Å². The number of aliphatic hydroxyl groups is 1. The van der Waals surface area contributed by atoms with E-state index in [0.717, 1.165) is 11.1 Å². The van der Waals surface area contributed by atoms with Crippen LogP contribution in [0.2, 0.25) is 0 Å². The molecule has 0 aliphatic carbocycles. The van der Waals surface area contributed by atoms with Gasteiger partial charge in [0.15, 0.2) is 6.10 Å². The number of aliphatic hydroxyl groups excluding tert-OH is 1. The van der Waals surface area contributed by atoms with Crippen LogP contribution < -0.4 is 14.8 Å². The number of carbonyl (C=O) groups excluding carboxylic acids is 2. The molecule has 1 atom stereocenters. The number of hydrogen-bond donors (Lipinski definition) is 2. The highest BCUT2D eigenvalue weighted by Crippen LogP contribution is 2.28. The van der Waals surface area contributed by atoms with E-state index in [9.17, 15) is 14.7 Å². The standard InChI is InChI=1S/C23H27NO7/c1-15-5-7-16(8-6-15)22(2,3)14-24-23(30-20(26)21(27)31-23)19(25)13-29-18-11-9-17(28-4)10-12-18/h5-12,19,24-25H,13-14H2,1-4H3. The molecule has 1 saturated heterocycles. The smallest absolute Gasteiger partial charge is 0.422 e. The molecule has 31 heavy (non-hydrogen) atoms. The molecule has 8 nitrogen and oxygen atoms in total. The van der Waals surface area contributed by atoms with Crippen molar-refractivity contribution >= 4 is 11.9 Å². The van der Waals surface area contributed by atoms with Gasteiger partial charge in [0.1, 0.15) is 18.1 Å². The Kier molecular flexibility index (Phi) is 6.52. The maximum atomic E-state index is 11.8. The molecule has 0 aromatic heterocycles. The van der Waals surface area contributed by atoms with E-state index in [1.807, 2.05) is 45.0 Å². The zero-order valence-electron chi connectivity index (χ0n) is 18.0. The van der Waals surface area contributed by atoms with Gasteiger partial charge in [-0.15, -0.1) is 0 Å². The predicted octanol–water partition coefficient (Wildman–Crippen LogP) is 2.06. The lowest BCUT2D eigenvalue weighted by atomic mass is 9.84. The van der Waals surface area contributed by atoms with E-state index < -0.39 is 29.4 Å². The fourth-order valence-corrected chi connectivity index (χ4v) is 3.11. The van der Waals surface area contributed by atoms with E-state index in [1.54, 1.807) is 31.4 Å². The Labute approximate surface area is 181 Å². The third-order valence-electron chi connectivity index (χ3n) is 5.17. The average molecular weight is 429 g/mol. The Bertz CT molecular complexity index is 906. The molecule has 166 valence electrons. The van der Waals surface area contributed by atoms with Gasteiger partial charge in [-0.05, 0) is 36.8 Å². The zero-order chi connectivity index (χ0) is 22.6. The van der Waals surface area contributed by atoms with Crippen LogP contribution in [0.15, 0.2) is 48.5 Å². The molecule has 3 rings (SSSR count). The predicted molar refractivity (Wildman–Crippen MR) is 112 cm³/mol. The summed E-state index contributed by atoms with van der Waals surface area (Å²) in [7, 11) is 1.55. The van der Waals surface area contributed by atoms with Gasteiger partial charge in [-0.2, -0.15) is 0 Å². The minimum atomic E-state index is -2.04. The summed E-state index contributed by atoms with van der Waals surface area (Å²) in [6.45, 7) is 5.93. The van der Waals surface area contributed by atoms with Gasteiger partial charge in [0.05, 0.1) is 7.11 Å². The summed E-state index contributed by atoms with van der Waals surface area (Å²) in [4.78, 5) is 23.5. The number of ether oxygens (including phenoxy) is 4. The van der Waals surface area contributed by atoms with Crippen LogP contribution in [-0.4, -0.2) is 49.3 Å². The van der Waals surface area contributed by atoms with Crippen molar-refractivity contribution in [2.75, 3.05) is 20.3 Å². The summed E-state index contributed by atoms with van der Waals surface area (Å²) in [5, 5.41) is 13.7.